The summed E-state index contributed by atoms with van der Waals surface area (Å²) in [5.74, 6) is 0. The molecule has 0 radical (unpaired) electrons. The van der Waals surface area contributed by atoms with E-state index in [1.807, 2.05) is 58.0 Å². The fourth-order valence-corrected chi connectivity index (χ4v) is 4.17. The topological polar surface area (TPSA) is 96.5 Å². The summed E-state index contributed by atoms with van der Waals surface area (Å²) in [7, 11) is -3.62. The maximum Gasteiger partial charge on any atom is 0.315 e. The largest absolute Gasteiger partial charge is 0.371 e. The minimum absolute atomic E-state index is 0.1000. The van der Waals surface area contributed by atoms with Gasteiger partial charge in [-0.1, -0.05) is 36.4 Å². The molecule has 2 rings (SSSR count). The Kier molecular flexibility index (Phi) is 8.61. The molecule has 170 valence electrons. The van der Waals surface area contributed by atoms with Crippen LogP contribution in [0.4, 0.5) is 4.79 Å². The van der Waals surface area contributed by atoms with Gasteiger partial charge in [-0.25, -0.2) is 17.9 Å². The van der Waals surface area contributed by atoms with E-state index in [1.54, 1.807) is 19.1 Å². The molecule has 0 fully saturated rings. The Morgan fingerprint density at radius 1 is 0.968 bits per heavy atom. The van der Waals surface area contributed by atoms with Gasteiger partial charge in [0.2, 0.25) is 10.0 Å². The minimum Gasteiger partial charge on any atom is -0.371 e. The number of aryl methyl sites for hydroxylation is 2. The Labute approximate surface area is 185 Å². The molecule has 0 atom stereocenters. The maximum atomic E-state index is 12.5. The van der Waals surface area contributed by atoms with Crippen LogP contribution in [0.2, 0.25) is 0 Å². The van der Waals surface area contributed by atoms with Crippen molar-refractivity contribution >= 4 is 16.1 Å². The Hall–Kier alpha value is -2.42. The average Bonchev–Trinajstić information content (AvgIpc) is 2.69. The number of hydrogen-bond donors (Lipinski definition) is 3. The van der Waals surface area contributed by atoms with Crippen molar-refractivity contribution in [3.63, 3.8) is 0 Å². The average molecular weight is 448 g/mol. The van der Waals surface area contributed by atoms with Gasteiger partial charge in [0.25, 0.3) is 0 Å². The van der Waals surface area contributed by atoms with Crippen molar-refractivity contribution in [2.24, 2.45) is 0 Å². The molecule has 2 aromatic carbocycles. The first kappa shape index (κ1) is 24.8. The maximum absolute atomic E-state index is 12.5. The fraction of sp³-hybridized carbons (Fsp3) is 0.435. The Balaban J connectivity index is 1.76. The molecule has 8 heteroatoms. The molecule has 2 aromatic rings. The number of benzene rings is 2. The highest BCUT2D eigenvalue weighted by Crippen LogP contribution is 2.16. The standard InChI is InChI=1S/C23H33N3O4S/c1-17-9-10-18(2)21(13-17)31(28,29)26-12-11-24-22(27)25-15-19-7-6-8-20(14-19)16-30-23(3,4)5/h6-10,13-14,26H,11-12,15-16H2,1-5H3,(H2,24,25,27). The normalized spacial score (nSPS) is 11.9. The molecule has 3 N–H and O–H groups in total. The van der Waals surface area contributed by atoms with Crippen LogP contribution in [0.1, 0.15) is 43.0 Å². The van der Waals surface area contributed by atoms with Gasteiger partial charge in [-0.3, -0.25) is 0 Å². The molecule has 0 heterocycles. The van der Waals surface area contributed by atoms with Gasteiger partial charge in [0, 0.05) is 19.6 Å². The van der Waals surface area contributed by atoms with E-state index in [-0.39, 0.29) is 29.6 Å². The fourth-order valence-electron chi connectivity index (χ4n) is 2.81. The summed E-state index contributed by atoms with van der Waals surface area (Å²) in [6, 6.07) is 12.8. The van der Waals surface area contributed by atoms with Crippen LogP contribution < -0.4 is 15.4 Å². The zero-order valence-corrected chi connectivity index (χ0v) is 19.7. The highest BCUT2D eigenvalue weighted by Gasteiger charge is 2.16. The molecule has 0 aliphatic heterocycles. The van der Waals surface area contributed by atoms with Gasteiger partial charge in [0.1, 0.15) is 0 Å². The van der Waals surface area contributed by atoms with E-state index in [0.717, 1.165) is 16.7 Å². The first-order valence-corrected chi connectivity index (χ1v) is 11.7. The number of sulfonamides is 1. The second-order valence-electron chi connectivity index (χ2n) is 8.50. The van der Waals surface area contributed by atoms with E-state index in [1.165, 1.54) is 0 Å². The summed E-state index contributed by atoms with van der Waals surface area (Å²) in [6.45, 7) is 10.8. The number of ether oxygens (including phenoxy) is 1. The predicted molar refractivity (Wildman–Crippen MR) is 122 cm³/mol. The highest BCUT2D eigenvalue weighted by molar-refractivity contribution is 7.89. The Morgan fingerprint density at radius 3 is 2.39 bits per heavy atom. The second-order valence-corrected chi connectivity index (χ2v) is 10.2. The van der Waals surface area contributed by atoms with Crippen LogP contribution in [0, 0.1) is 13.8 Å². The van der Waals surface area contributed by atoms with Crippen molar-refractivity contribution in [1.29, 1.82) is 0 Å². The lowest BCUT2D eigenvalue weighted by atomic mass is 10.1. The third-order valence-corrected chi connectivity index (χ3v) is 6.06. The summed E-state index contributed by atoms with van der Waals surface area (Å²) in [4.78, 5) is 12.3. The second kappa shape index (κ2) is 10.7. The summed E-state index contributed by atoms with van der Waals surface area (Å²) >= 11 is 0. The van der Waals surface area contributed by atoms with Gasteiger partial charge in [-0.15, -0.1) is 0 Å². The van der Waals surface area contributed by atoms with Crippen LogP contribution >= 0.6 is 0 Å². The lowest BCUT2D eigenvalue weighted by Crippen LogP contribution is -2.40. The predicted octanol–water partition coefficient (Wildman–Crippen LogP) is 3.40. The van der Waals surface area contributed by atoms with Crippen molar-refractivity contribution in [2.75, 3.05) is 13.1 Å². The van der Waals surface area contributed by atoms with Gasteiger partial charge >= 0.3 is 6.03 Å². The Morgan fingerprint density at radius 2 is 1.68 bits per heavy atom. The van der Waals surface area contributed by atoms with Gasteiger partial charge in [-0.2, -0.15) is 0 Å². The molecule has 0 aromatic heterocycles. The van der Waals surface area contributed by atoms with E-state index in [4.69, 9.17) is 4.74 Å². The summed E-state index contributed by atoms with van der Waals surface area (Å²) < 4.78 is 33.2. The minimum atomic E-state index is -3.62. The third-order valence-electron chi connectivity index (χ3n) is 4.45. The van der Waals surface area contributed by atoms with Crippen molar-refractivity contribution in [3.8, 4) is 0 Å². The third kappa shape index (κ3) is 8.69. The zero-order valence-electron chi connectivity index (χ0n) is 18.9. The van der Waals surface area contributed by atoms with Crippen molar-refractivity contribution in [2.45, 2.75) is 58.3 Å². The van der Waals surface area contributed by atoms with Gasteiger partial charge in [0.15, 0.2) is 0 Å². The number of hydrogen-bond acceptors (Lipinski definition) is 4. The molecule has 0 aliphatic carbocycles. The monoisotopic (exact) mass is 447 g/mol. The van der Waals surface area contributed by atoms with Crippen LogP contribution in [-0.4, -0.2) is 33.1 Å². The number of carbonyl (C=O) groups is 1. The molecular weight excluding hydrogens is 414 g/mol. The first-order valence-electron chi connectivity index (χ1n) is 10.3. The molecule has 2 amide bonds. The number of amides is 2. The zero-order chi connectivity index (χ0) is 23.1. The molecule has 31 heavy (non-hydrogen) atoms. The van der Waals surface area contributed by atoms with E-state index in [9.17, 15) is 13.2 Å². The van der Waals surface area contributed by atoms with Crippen LogP contribution in [0.25, 0.3) is 0 Å². The van der Waals surface area contributed by atoms with Gasteiger partial charge < -0.3 is 15.4 Å². The number of carbonyl (C=O) groups excluding carboxylic acids is 1. The van der Waals surface area contributed by atoms with Crippen LogP contribution in [0.5, 0.6) is 0 Å². The van der Waals surface area contributed by atoms with E-state index >= 15 is 0 Å². The van der Waals surface area contributed by atoms with Crippen LogP contribution in [0.3, 0.4) is 0 Å². The van der Waals surface area contributed by atoms with E-state index in [2.05, 4.69) is 15.4 Å². The Bertz CT molecular complexity index is 998. The van der Waals surface area contributed by atoms with E-state index < -0.39 is 10.0 Å². The number of rotatable bonds is 9. The van der Waals surface area contributed by atoms with E-state index in [0.29, 0.717) is 18.7 Å². The summed E-state index contributed by atoms with van der Waals surface area (Å²) in [5.41, 5.74) is 3.33. The number of urea groups is 1. The quantitative estimate of drug-likeness (QED) is 0.513. The summed E-state index contributed by atoms with van der Waals surface area (Å²) in [6.07, 6.45) is 0. The molecule has 0 aliphatic rings. The van der Waals surface area contributed by atoms with Crippen LogP contribution in [0.15, 0.2) is 47.4 Å². The molecular formula is C23H33N3O4S. The van der Waals surface area contributed by atoms with Crippen LogP contribution in [-0.2, 0) is 27.9 Å². The lowest BCUT2D eigenvalue weighted by Gasteiger charge is -2.19. The van der Waals surface area contributed by atoms with Crippen molar-refractivity contribution in [3.05, 3.63) is 64.7 Å². The highest BCUT2D eigenvalue weighted by atomic mass is 32.2. The van der Waals surface area contributed by atoms with Gasteiger partial charge in [0.05, 0.1) is 17.1 Å². The summed E-state index contributed by atoms with van der Waals surface area (Å²) in [5, 5.41) is 5.44. The molecule has 7 nitrogen and oxygen atoms in total. The van der Waals surface area contributed by atoms with Gasteiger partial charge in [-0.05, 0) is 62.9 Å². The smallest absolute Gasteiger partial charge is 0.315 e. The first-order chi connectivity index (χ1) is 14.5. The molecule has 0 saturated heterocycles. The lowest BCUT2D eigenvalue weighted by molar-refractivity contribution is -0.0149. The SMILES string of the molecule is Cc1ccc(C)c(S(=O)(=O)NCCNC(=O)NCc2cccc(COC(C)(C)C)c2)c1. The van der Waals surface area contributed by atoms with Crippen molar-refractivity contribution in [1.82, 2.24) is 15.4 Å². The molecule has 0 bridgehead atoms. The molecule has 0 saturated carbocycles. The molecule has 0 spiro atoms. The van der Waals surface area contributed by atoms with Crippen molar-refractivity contribution < 1.29 is 17.9 Å². The molecule has 0 unspecified atom stereocenters. The number of nitrogens with one attached hydrogen (secondary N) is 3.